The molecule has 2 nitrogen and oxygen atoms in total. The first-order valence-electron chi connectivity index (χ1n) is 4.37. The summed E-state index contributed by atoms with van der Waals surface area (Å²) in [5, 5.41) is -0.0178. The highest BCUT2D eigenvalue weighted by molar-refractivity contribution is 9.08. The normalized spacial score (nSPS) is 12.6. The van der Waals surface area contributed by atoms with E-state index < -0.39 is 22.9 Å². The quantitative estimate of drug-likeness (QED) is 0.465. The van der Waals surface area contributed by atoms with Crippen molar-refractivity contribution in [2.75, 3.05) is 7.11 Å². The minimum absolute atomic E-state index is 0.0178. The van der Waals surface area contributed by atoms with Crippen LogP contribution in [0.15, 0.2) is 6.07 Å². The molecule has 0 unspecified atom stereocenters. The number of alkyl halides is 6. The lowest BCUT2D eigenvalue weighted by molar-refractivity contribution is -0.287. The highest BCUT2D eigenvalue weighted by atomic mass is 79.9. The van der Waals surface area contributed by atoms with E-state index in [1.807, 2.05) is 0 Å². The molecule has 1 heterocycles. The first-order valence-corrected chi connectivity index (χ1v) is 6.31. The second-order valence-electron chi connectivity index (χ2n) is 3.14. The van der Waals surface area contributed by atoms with Gasteiger partial charge in [-0.15, -0.1) is 11.3 Å². The minimum atomic E-state index is -5.70. The Balaban J connectivity index is 3.29. The molecule has 0 aliphatic heterocycles. The van der Waals surface area contributed by atoms with E-state index in [0.29, 0.717) is 6.07 Å². The van der Waals surface area contributed by atoms with Gasteiger partial charge in [0, 0.05) is 10.2 Å². The molecule has 0 aliphatic rings. The fourth-order valence-electron chi connectivity index (χ4n) is 1.11. The topological polar surface area (TPSA) is 26.3 Å². The smallest absolute Gasteiger partial charge is 0.458 e. The molecular weight excluding hydrogens is 347 g/mol. The number of esters is 1. The lowest BCUT2D eigenvalue weighted by Crippen LogP contribution is -2.32. The molecule has 0 fully saturated rings. The molecule has 0 aliphatic carbocycles. The Morgan fingerprint density at radius 1 is 1.39 bits per heavy atom. The predicted octanol–water partition coefficient (Wildman–Crippen LogP) is 4.08. The van der Waals surface area contributed by atoms with Crippen LogP contribution in [0.25, 0.3) is 0 Å². The monoisotopic (exact) mass is 352 g/mol. The van der Waals surface area contributed by atoms with Crippen LogP contribution in [0.1, 0.15) is 20.1 Å². The summed E-state index contributed by atoms with van der Waals surface area (Å²) in [6, 6.07) is 0.514. The Kier molecular flexibility index (Phi) is 4.37. The van der Waals surface area contributed by atoms with Crippen molar-refractivity contribution in [1.82, 2.24) is 0 Å². The number of halogens is 6. The zero-order valence-corrected chi connectivity index (χ0v) is 11.2. The Morgan fingerprint density at radius 2 is 1.94 bits per heavy atom. The number of carbonyl (C=O) groups excluding carboxylic acids is 1. The standard InChI is InChI=1S/C9H6BrF5O2S/c1-17-7(16)4-2-6(18-5(4)3-10)8(11,12)9(13,14)15/h2H,3H2,1H3. The van der Waals surface area contributed by atoms with Crippen molar-refractivity contribution in [2.24, 2.45) is 0 Å². The Labute approximate surface area is 111 Å². The Bertz CT molecular complexity index is 454. The molecule has 0 saturated heterocycles. The lowest BCUT2D eigenvalue weighted by Gasteiger charge is -2.17. The third-order valence-electron chi connectivity index (χ3n) is 2.00. The molecule has 1 rings (SSSR count). The average molecular weight is 353 g/mol. The molecule has 0 aromatic carbocycles. The molecule has 18 heavy (non-hydrogen) atoms. The van der Waals surface area contributed by atoms with Crippen molar-refractivity contribution in [2.45, 2.75) is 17.4 Å². The van der Waals surface area contributed by atoms with Gasteiger partial charge in [-0.2, -0.15) is 22.0 Å². The molecule has 1 aromatic heterocycles. The van der Waals surface area contributed by atoms with E-state index in [-0.39, 0.29) is 27.1 Å². The predicted molar refractivity (Wildman–Crippen MR) is 58.2 cm³/mol. The maximum Gasteiger partial charge on any atom is 0.458 e. The Morgan fingerprint density at radius 3 is 2.33 bits per heavy atom. The van der Waals surface area contributed by atoms with Crippen LogP contribution in [0.5, 0.6) is 0 Å². The molecule has 0 amide bonds. The van der Waals surface area contributed by atoms with Crippen molar-refractivity contribution in [1.29, 1.82) is 0 Å². The molecule has 102 valence electrons. The lowest BCUT2D eigenvalue weighted by atomic mass is 10.2. The van der Waals surface area contributed by atoms with Crippen LogP contribution in [-0.4, -0.2) is 19.3 Å². The van der Waals surface area contributed by atoms with E-state index in [0.717, 1.165) is 7.11 Å². The van der Waals surface area contributed by atoms with E-state index in [2.05, 4.69) is 20.7 Å². The number of thiophene rings is 1. The number of hydrogen-bond acceptors (Lipinski definition) is 3. The summed E-state index contributed by atoms with van der Waals surface area (Å²) in [5.74, 6) is -5.94. The van der Waals surface area contributed by atoms with Gasteiger partial charge in [-0.1, -0.05) is 15.9 Å². The second kappa shape index (κ2) is 5.12. The molecule has 0 radical (unpaired) electrons. The van der Waals surface area contributed by atoms with Crippen molar-refractivity contribution in [3.8, 4) is 0 Å². The highest BCUT2D eigenvalue weighted by Crippen LogP contribution is 2.47. The fourth-order valence-corrected chi connectivity index (χ4v) is 2.74. The molecule has 0 N–H and O–H groups in total. The van der Waals surface area contributed by atoms with Gasteiger partial charge in [-0.3, -0.25) is 0 Å². The van der Waals surface area contributed by atoms with E-state index in [1.54, 1.807) is 0 Å². The Hall–Kier alpha value is -0.700. The van der Waals surface area contributed by atoms with Crippen LogP contribution in [0.2, 0.25) is 0 Å². The second-order valence-corrected chi connectivity index (χ2v) is 4.84. The highest BCUT2D eigenvalue weighted by Gasteiger charge is 2.59. The summed E-state index contributed by atoms with van der Waals surface area (Å²) in [6.45, 7) is 0. The molecular formula is C9H6BrF5O2S. The van der Waals surface area contributed by atoms with Crippen LogP contribution in [-0.2, 0) is 16.0 Å². The van der Waals surface area contributed by atoms with Gasteiger partial charge in [0.05, 0.1) is 17.6 Å². The van der Waals surface area contributed by atoms with E-state index in [4.69, 9.17) is 0 Å². The van der Waals surface area contributed by atoms with Crippen molar-refractivity contribution >= 4 is 33.2 Å². The van der Waals surface area contributed by atoms with Crippen LogP contribution in [0.3, 0.4) is 0 Å². The first kappa shape index (κ1) is 15.4. The maximum atomic E-state index is 13.1. The van der Waals surface area contributed by atoms with Crippen LogP contribution < -0.4 is 0 Å². The summed E-state index contributed by atoms with van der Waals surface area (Å²) in [6.07, 6.45) is -5.70. The van der Waals surface area contributed by atoms with Crippen LogP contribution >= 0.6 is 27.3 Å². The van der Waals surface area contributed by atoms with Gasteiger partial charge in [0.25, 0.3) is 0 Å². The number of methoxy groups -OCH3 is 1. The van der Waals surface area contributed by atoms with Crippen molar-refractivity contribution in [3.05, 3.63) is 21.4 Å². The minimum Gasteiger partial charge on any atom is -0.465 e. The number of carbonyl (C=O) groups is 1. The third kappa shape index (κ3) is 2.66. The molecule has 0 spiro atoms. The SMILES string of the molecule is COC(=O)c1cc(C(F)(F)C(F)(F)F)sc1CBr. The molecule has 0 saturated carbocycles. The summed E-state index contributed by atoms with van der Waals surface area (Å²) in [5.41, 5.74) is -0.293. The van der Waals surface area contributed by atoms with E-state index in [9.17, 15) is 26.7 Å². The largest absolute Gasteiger partial charge is 0.465 e. The molecule has 9 heteroatoms. The summed E-state index contributed by atoms with van der Waals surface area (Å²) >= 11 is 3.13. The van der Waals surface area contributed by atoms with Crippen molar-refractivity contribution < 1.29 is 31.5 Å². The summed E-state index contributed by atoms with van der Waals surface area (Å²) < 4.78 is 67.0. The first-order chi connectivity index (χ1) is 8.15. The van der Waals surface area contributed by atoms with Gasteiger partial charge in [0.15, 0.2) is 0 Å². The third-order valence-corrected chi connectivity index (χ3v) is 4.14. The zero-order chi connectivity index (χ0) is 14.1. The summed E-state index contributed by atoms with van der Waals surface area (Å²) in [7, 11) is 1.01. The van der Waals surface area contributed by atoms with Gasteiger partial charge in [-0.05, 0) is 6.07 Å². The maximum absolute atomic E-state index is 13.1. The van der Waals surface area contributed by atoms with Crippen molar-refractivity contribution in [3.63, 3.8) is 0 Å². The van der Waals surface area contributed by atoms with Gasteiger partial charge >= 0.3 is 18.1 Å². The van der Waals surface area contributed by atoms with Gasteiger partial charge in [0.2, 0.25) is 0 Å². The van der Waals surface area contributed by atoms with Crippen LogP contribution in [0, 0.1) is 0 Å². The van der Waals surface area contributed by atoms with Crippen LogP contribution in [0.4, 0.5) is 22.0 Å². The average Bonchev–Trinajstić information content (AvgIpc) is 2.70. The molecule has 0 atom stereocenters. The number of hydrogen-bond donors (Lipinski definition) is 0. The molecule has 0 bridgehead atoms. The van der Waals surface area contributed by atoms with E-state index in [1.165, 1.54) is 0 Å². The van der Waals surface area contributed by atoms with E-state index >= 15 is 0 Å². The van der Waals surface area contributed by atoms with Gasteiger partial charge < -0.3 is 4.74 Å². The molecule has 1 aromatic rings. The number of ether oxygens (including phenoxy) is 1. The fraction of sp³-hybridized carbons (Fsp3) is 0.444. The summed E-state index contributed by atoms with van der Waals surface area (Å²) in [4.78, 5) is 10.0. The van der Waals surface area contributed by atoms with Gasteiger partial charge in [0.1, 0.15) is 0 Å². The zero-order valence-electron chi connectivity index (χ0n) is 8.78. The number of rotatable bonds is 3. The van der Waals surface area contributed by atoms with Gasteiger partial charge in [-0.25, -0.2) is 4.79 Å².